The third kappa shape index (κ3) is 4.03. The predicted molar refractivity (Wildman–Crippen MR) is 75.2 cm³/mol. The van der Waals surface area contributed by atoms with Crippen LogP contribution in [0.1, 0.15) is 19.8 Å². The molecule has 0 spiro atoms. The summed E-state index contributed by atoms with van der Waals surface area (Å²) in [7, 11) is 0. The highest BCUT2D eigenvalue weighted by atomic mass is 79.9. The largest absolute Gasteiger partial charge is 0.353 e. The summed E-state index contributed by atoms with van der Waals surface area (Å²) in [6, 6.07) is 8.31. The number of thioether (sulfide) groups is 1. The predicted octanol–water partition coefficient (Wildman–Crippen LogP) is 3.46. The minimum atomic E-state index is 0.130. The van der Waals surface area contributed by atoms with Gasteiger partial charge in [-0.25, -0.2) is 0 Å². The van der Waals surface area contributed by atoms with Crippen molar-refractivity contribution < 1.29 is 4.79 Å². The van der Waals surface area contributed by atoms with Gasteiger partial charge in [-0.3, -0.25) is 4.79 Å². The molecular weight excluding hydrogens is 298 g/mol. The van der Waals surface area contributed by atoms with Crippen LogP contribution < -0.4 is 5.32 Å². The molecule has 1 aromatic carbocycles. The van der Waals surface area contributed by atoms with E-state index in [1.54, 1.807) is 11.8 Å². The molecule has 0 bridgehead atoms. The fraction of sp³-hybridized carbons (Fsp3) is 0.462. The van der Waals surface area contributed by atoms with Crippen LogP contribution in [0, 0.1) is 5.92 Å². The van der Waals surface area contributed by atoms with Gasteiger partial charge in [0.2, 0.25) is 5.91 Å². The van der Waals surface area contributed by atoms with Gasteiger partial charge < -0.3 is 5.32 Å². The van der Waals surface area contributed by atoms with Crippen molar-refractivity contribution in [1.82, 2.24) is 5.32 Å². The van der Waals surface area contributed by atoms with Crippen molar-refractivity contribution in [2.45, 2.75) is 30.7 Å². The van der Waals surface area contributed by atoms with Gasteiger partial charge >= 0.3 is 0 Å². The van der Waals surface area contributed by atoms with Crippen LogP contribution in [0.5, 0.6) is 0 Å². The molecule has 1 aliphatic carbocycles. The first kappa shape index (κ1) is 13.0. The maximum absolute atomic E-state index is 11.7. The van der Waals surface area contributed by atoms with Gasteiger partial charge in [0.05, 0.1) is 5.75 Å². The molecule has 0 aromatic heterocycles. The van der Waals surface area contributed by atoms with Gasteiger partial charge in [0.1, 0.15) is 0 Å². The number of carbonyl (C=O) groups excluding carboxylic acids is 1. The first-order chi connectivity index (χ1) is 8.16. The topological polar surface area (TPSA) is 29.1 Å². The highest BCUT2D eigenvalue weighted by molar-refractivity contribution is 9.10. The molecule has 2 rings (SSSR count). The number of hydrogen-bond acceptors (Lipinski definition) is 2. The molecule has 0 heterocycles. The highest BCUT2D eigenvalue weighted by Crippen LogP contribution is 2.32. The molecule has 1 amide bonds. The molecule has 1 atom stereocenters. The summed E-state index contributed by atoms with van der Waals surface area (Å²) >= 11 is 5.05. The Bertz CT molecular complexity index is 406. The second-order valence-corrected chi connectivity index (χ2v) is 6.28. The van der Waals surface area contributed by atoms with Gasteiger partial charge in [0, 0.05) is 15.4 Å². The van der Waals surface area contributed by atoms with E-state index in [2.05, 4.69) is 28.2 Å². The average molecular weight is 314 g/mol. The number of rotatable bonds is 5. The Morgan fingerprint density at radius 3 is 2.88 bits per heavy atom. The smallest absolute Gasteiger partial charge is 0.230 e. The lowest BCUT2D eigenvalue weighted by atomic mass is 10.2. The maximum Gasteiger partial charge on any atom is 0.230 e. The van der Waals surface area contributed by atoms with Gasteiger partial charge in [-0.2, -0.15) is 0 Å². The molecule has 1 fully saturated rings. The van der Waals surface area contributed by atoms with E-state index in [4.69, 9.17) is 0 Å². The molecule has 17 heavy (non-hydrogen) atoms. The standard InChI is InChI=1S/C13H16BrNOS/c1-9(10-6-7-10)15-13(16)8-17-12-5-3-2-4-11(12)14/h2-5,9-10H,6-8H2,1H3,(H,15,16). The summed E-state index contributed by atoms with van der Waals surface area (Å²) in [5.74, 6) is 1.33. The number of benzene rings is 1. The highest BCUT2D eigenvalue weighted by Gasteiger charge is 2.28. The van der Waals surface area contributed by atoms with Crippen LogP contribution in [0.4, 0.5) is 0 Å². The van der Waals surface area contributed by atoms with Crippen LogP contribution in [0.2, 0.25) is 0 Å². The van der Waals surface area contributed by atoms with E-state index in [9.17, 15) is 4.79 Å². The molecule has 1 saturated carbocycles. The van der Waals surface area contributed by atoms with Crippen molar-refractivity contribution in [3.8, 4) is 0 Å². The van der Waals surface area contributed by atoms with E-state index >= 15 is 0 Å². The molecule has 4 heteroatoms. The Kier molecular flexibility index (Phi) is 4.51. The zero-order chi connectivity index (χ0) is 12.3. The molecule has 92 valence electrons. The van der Waals surface area contributed by atoms with Gasteiger partial charge in [-0.05, 0) is 53.7 Å². The Hall–Kier alpha value is -0.480. The SMILES string of the molecule is CC(NC(=O)CSc1ccccc1Br)C1CC1. The lowest BCUT2D eigenvalue weighted by Crippen LogP contribution is -2.35. The number of carbonyl (C=O) groups is 1. The van der Waals surface area contributed by atoms with E-state index in [1.807, 2.05) is 24.3 Å². The first-order valence-corrected chi connectivity index (χ1v) is 7.61. The maximum atomic E-state index is 11.7. The molecule has 2 nitrogen and oxygen atoms in total. The summed E-state index contributed by atoms with van der Waals surface area (Å²) < 4.78 is 1.05. The fourth-order valence-electron chi connectivity index (χ4n) is 1.71. The number of amides is 1. The summed E-state index contributed by atoms with van der Waals surface area (Å²) in [5.41, 5.74) is 0. The Morgan fingerprint density at radius 2 is 2.24 bits per heavy atom. The van der Waals surface area contributed by atoms with E-state index in [1.165, 1.54) is 12.8 Å². The van der Waals surface area contributed by atoms with Gasteiger partial charge in [-0.15, -0.1) is 11.8 Å². The van der Waals surface area contributed by atoms with Crippen molar-refractivity contribution in [1.29, 1.82) is 0 Å². The van der Waals surface area contributed by atoms with Crippen molar-refractivity contribution in [3.63, 3.8) is 0 Å². The Morgan fingerprint density at radius 1 is 1.53 bits per heavy atom. The van der Waals surface area contributed by atoms with Crippen LogP contribution in [0.15, 0.2) is 33.6 Å². The lowest BCUT2D eigenvalue weighted by Gasteiger charge is -2.12. The van der Waals surface area contributed by atoms with E-state index < -0.39 is 0 Å². The Labute approximate surface area is 115 Å². The van der Waals surface area contributed by atoms with Crippen LogP contribution in [0.3, 0.4) is 0 Å². The van der Waals surface area contributed by atoms with Gasteiger partial charge in [0.25, 0.3) is 0 Å². The Balaban J connectivity index is 1.77. The van der Waals surface area contributed by atoms with E-state index in [-0.39, 0.29) is 5.91 Å². The summed E-state index contributed by atoms with van der Waals surface area (Å²) in [6.07, 6.45) is 2.53. The van der Waals surface area contributed by atoms with Crippen LogP contribution in [-0.4, -0.2) is 17.7 Å². The number of halogens is 1. The molecule has 0 saturated heterocycles. The fourth-order valence-corrected chi connectivity index (χ4v) is 3.09. The van der Waals surface area contributed by atoms with Crippen molar-refractivity contribution in [3.05, 3.63) is 28.7 Å². The zero-order valence-corrected chi connectivity index (χ0v) is 12.2. The minimum absolute atomic E-state index is 0.130. The third-order valence-corrected chi connectivity index (χ3v) is 4.94. The second-order valence-electron chi connectivity index (χ2n) is 4.41. The van der Waals surface area contributed by atoms with Crippen molar-refractivity contribution in [2.24, 2.45) is 5.92 Å². The van der Waals surface area contributed by atoms with Gasteiger partial charge in [0.15, 0.2) is 0 Å². The minimum Gasteiger partial charge on any atom is -0.353 e. The third-order valence-electron chi connectivity index (χ3n) is 2.91. The first-order valence-electron chi connectivity index (χ1n) is 5.83. The average Bonchev–Trinajstić information content (AvgIpc) is 3.11. The quantitative estimate of drug-likeness (QED) is 0.843. The molecule has 0 aliphatic heterocycles. The molecule has 1 aliphatic rings. The zero-order valence-electron chi connectivity index (χ0n) is 9.78. The summed E-state index contributed by atoms with van der Waals surface area (Å²) in [4.78, 5) is 12.8. The van der Waals surface area contributed by atoms with Crippen LogP contribution in [-0.2, 0) is 4.79 Å². The summed E-state index contributed by atoms with van der Waals surface area (Å²) in [6.45, 7) is 2.10. The monoisotopic (exact) mass is 313 g/mol. The van der Waals surface area contributed by atoms with Crippen LogP contribution in [0.25, 0.3) is 0 Å². The molecule has 1 aromatic rings. The number of hydrogen-bond donors (Lipinski definition) is 1. The van der Waals surface area contributed by atoms with Crippen molar-refractivity contribution >= 4 is 33.6 Å². The summed E-state index contributed by atoms with van der Waals surface area (Å²) in [5, 5.41) is 3.06. The van der Waals surface area contributed by atoms with E-state index in [0.717, 1.165) is 9.37 Å². The number of nitrogens with one attached hydrogen (secondary N) is 1. The normalized spacial score (nSPS) is 16.6. The molecular formula is C13H16BrNOS. The molecule has 0 radical (unpaired) electrons. The van der Waals surface area contributed by atoms with Gasteiger partial charge in [-0.1, -0.05) is 12.1 Å². The molecule has 1 unspecified atom stereocenters. The second kappa shape index (κ2) is 5.91. The van der Waals surface area contributed by atoms with E-state index in [0.29, 0.717) is 17.7 Å². The van der Waals surface area contributed by atoms with Crippen molar-refractivity contribution in [2.75, 3.05) is 5.75 Å². The van der Waals surface area contributed by atoms with Crippen LogP contribution >= 0.6 is 27.7 Å². The lowest BCUT2D eigenvalue weighted by molar-refractivity contribution is -0.119. The molecule has 1 N–H and O–H groups in total.